The number of allylic oxidation sites excluding steroid dienone is 1. The predicted molar refractivity (Wildman–Crippen MR) is 174 cm³/mol. The molecule has 0 heteroatoms. The lowest BCUT2D eigenvalue weighted by molar-refractivity contribution is 0.405. The zero-order valence-electron chi connectivity index (χ0n) is 24.6. The van der Waals surface area contributed by atoms with E-state index in [1.54, 1.807) is 0 Å². The molecule has 5 aromatic rings. The molecular weight excluding hydrogens is 492 g/mol. The normalized spacial score (nSPS) is 15.8. The monoisotopic (exact) mass is 530 g/mol. The van der Waals surface area contributed by atoms with Crippen LogP contribution in [0, 0.1) is 6.92 Å². The summed E-state index contributed by atoms with van der Waals surface area (Å²) in [6.07, 6.45) is 4.52. The number of hydrogen-bond acceptors (Lipinski definition) is 0. The summed E-state index contributed by atoms with van der Waals surface area (Å²) in [6, 6.07) is 44.4. The van der Waals surface area contributed by atoms with Gasteiger partial charge in [0.1, 0.15) is 0 Å². The molecule has 41 heavy (non-hydrogen) atoms. The van der Waals surface area contributed by atoms with Gasteiger partial charge in [0.05, 0.1) is 0 Å². The second-order valence-electron chi connectivity index (χ2n) is 12.0. The summed E-state index contributed by atoms with van der Waals surface area (Å²) < 4.78 is 0. The summed E-state index contributed by atoms with van der Waals surface area (Å²) in [4.78, 5) is 0. The second-order valence-corrected chi connectivity index (χ2v) is 12.0. The van der Waals surface area contributed by atoms with Crippen molar-refractivity contribution in [2.45, 2.75) is 57.8 Å². The van der Waals surface area contributed by atoms with Gasteiger partial charge in [0.2, 0.25) is 0 Å². The average Bonchev–Trinajstić information content (AvgIpc) is 3.52. The molecular formula is C41H38. The molecule has 0 spiro atoms. The highest BCUT2D eigenvalue weighted by atomic mass is 14.6. The Labute approximate surface area is 245 Å². The molecule has 0 nitrogen and oxygen atoms in total. The molecule has 0 aromatic heterocycles. The van der Waals surface area contributed by atoms with Crippen LogP contribution in [0.1, 0.15) is 82.7 Å². The van der Waals surface area contributed by atoms with Gasteiger partial charge in [-0.3, -0.25) is 0 Å². The fourth-order valence-corrected chi connectivity index (χ4v) is 7.98. The Hall–Kier alpha value is -4.16. The van der Waals surface area contributed by atoms with Gasteiger partial charge in [-0.05, 0) is 82.3 Å². The highest BCUT2D eigenvalue weighted by Gasteiger charge is 2.54. The third-order valence-corrected chi connectivity index (χ3v) is 9.77. The lowest BCUT2D eigenvalue weighted by Gasteiger charge is -2.47. The van der Waals surface area contributed by atoms with Crippen LogP contribution in [-0.2, 0) is 18.3 Å². The first-order valence-corrected chi connectivity index (χ1v) is 15.2. The molecule has 0 heterocycles. The minimum atomic E-state index is -0.345. The van der Waals surface area contributed by atoms with Gasteiger partial charge >= 0.3 is 0 Å². The Balaban J connectivity index is 1.66. The maximum absolute atomic E-state index is 2.52. The van der Waals surface area contributed by atoms with Crippen molar-refractivity contribution in [2.24, 2.45) is 0 Å². The molecule has 202 valence electrons. The van der Waals surface area contributed by atoms with Crippen LogP contribution in [0.4, 0.5) is 0 Å². The molecule has 0 fully saturated rings. The molecule has 0 N–H and O–H groups in total. The van der Waals surface area contributed by atoms with Gasteiger partial charge in [0.25, 0.3) is 0 Å². The molecule has 0 aliphatic heterocycles. The topological polar surface area (TPSA) is 0 Å². The van der Waals surface area contributed by atoms with Gasteiger partial charge < -0.3 is 0 Å². The van der Waals surface area contributed by atoms with Crippen LogP contribution in [0.25, 0.3) is 17.2 Å². The van der Waals surface area contributed by atoms with E-state index < -0.39 is 0 Å². The molecule has 1 unspecified atom stereocenters. The molecule has 0 bridgehead atoms. The molecule has 7 rings (SSSR count). The smallest absolute Gasteiger partial charge is 0.0418 e. The Morgan fingerprint density at radius 3 is 1.59 bits per heavy atom. The van der Waals surface area contributed by atoms with E-state index in [4.69, 9.17) is 0 Å². The van der Waals surface area contributed by atoms with Gasteiger partial charge in [0.15, 0.2) is 0 Å². The van der Waals surface area contributed by atoms with Crippen molar-refractivity contribution in [3.8, 4) is 11.1 Å². The van der Waals surface area contributed by atoms with E-state index >= 15 is 0 Å². The quantitative estimate of drug-likeness (QED) is 0.205. The number of rotatable bonds is 6. The van der Waals surface area contributed by atoms with Crippen molar-refractivity contribution < 1.29 is 0 Å². The average molecular weight is 531 g/mol. The molecule has 0 saturated heterocycles. The molecule has 1 atom stereocenters. The number of aryl methyl sites for hydroxylation is 3. The number of benzene rings is 5. The summed E-state index contributed by atoms with van der Waals surface area (Å²) in [6.45, 7) is 9.12. The van der Waals surface area contributed by atoms with Crippen molar-refractivity contribution in [1.29, 1.82) is 0 Å². The lowest BCUT2D eigenvalue weighted by Crippen LogP contribution is -2.41. The van der Waals surface area contributed by atoms with Crippen molar-refractivity contribution in [2.75, 3.05) is 0 Å². The fraction of sp³-hybridized carbons (Fsp3) is 0.220. The van der Waals surface area contributed by atoms with Crippen LogP contribution < -0.4 is 0 Å². The fourth-order valence-electron chi connectivity index (χ4n) is 7.98. The van der Waals surface area contributed by atoms with E-state index in [-0.39, 0.29) is 17.3 Å². The van der Waals surface area contributed by atoms with Crippen LogP contribution in [-0.4, -0.2) is 0 Å². The highest BCUT2D eigenvalue weighted by Crippen LogP contribution is 2.64. The molecule has 0 saturated carbocycles. The molecule has 2 aliphatic rings. The van der Waals surface area contributed by atoms with Gasteiger partial charge in [-0.1, -0.05) is 146 Å². The second kappa shape index (κ2) is 10.0. The molecule has 0 amide bonds. The van der Waals surface area contributed by atoms with E-state index in [2.05, 4.69) is 149 Å². The van der Waals surface area contributed by atoms with Gasteiger partial charge in [-0.25, -0.2) is 0 Å². The summed E-state index contributed by atoms with van der Waals surface area (Å²) in [7, 11) is 0. The van der Waals surface area contributed by atoms with E-state index in [1.165, 1.54) is 66.8 Å². The lowest BCUT2D eigenvalue weighted by atomic mass is 9.54. The maximum atomic E-state index is 2.52. The first kappa shape index (κ1) is 25.8. The van der Waals surface area contributed by atoms with E-state index in [1.807, 2.05) is 0 Å². The van der Waals surface area contributed by atoms with E-state index in [0.717, 1.165) is 12.8 Å². The molecule has 2 aliphatic carbocycles. The third-order valence-electron chi connectivity index (χ3n) is 9.77. The summed E-state index contributed by atoms with van der Waals surface area (Å²) >= 11 is 0. The number of fused-ring (bicyclic) bond motifs is 4. The Morgan fingerprint density at radius 1 is 0.537 bits per heavy atom. The van der Waals surface area contributed by atoms with Crippen molar-refractivity contribution >= 4 is 6.08 Å². The zero-order valence-corrected chi connectivity index (χ0v) is 24.6. The third kappa shape index (κ3) is 3.88. The maximum Gasteiger partial charge on any atom is 0.0418 e. The standard InChI is InChI=1S/C41H38/c1-5-29-18-21-35-36-22-19-30(6-2)26-38(36)40(37(35)25-29)41(32-13-9-7-10-14-32,33-15-11-8-12-16-33)39-28(4)24-31-23-27(3)17-20-34(31)39/h7-26,39-40H,5-6H2,1-4H3. The van der Waals surface area contributed by atoms with Crippen molar-refractivity contribution in [1.82, 2.24) is 0 Å². The van der Waals surface area contributed by atoms with Crippen LogP contribution >= 0.6 is 0 Å². The predicted octanol–water partition coefficient (Wildman–Crippen LogP) is 10.4. The van der Waals surface area contributed by atoms with Crippen molar-refractivity contribution in [3.05, 3.63) is 171 Å². The van der Waals surface area contributed by atoms with Crippen LogP contribution in [0.2, 0.25) is 0 Å². The van der Waals surface area contributed by atoms with Crippen LogP contribution in [0.3, 0.4) is 0 Å². The SMILES string of the molecule is CCc1ccc2c(c1)C(C(c1ccccc1)(c1ccccc1)C1C(C)=Cc3cc(C)ccc31)c1cc(CC)ccc1-2. The van der Waals surface area contributed by atoms with Gasteiger partial charge in [-0.15, -0.1) is 0 Å². The van der Waals surface area contributed by atoms with Crippen LogP contribution in [0.5, 0.6) is 0 Å². The number of hydrogen-bond donors (Lipinski definition) is 0. The summed E-state index contributed by atoms with van der Waals surface area (Å²) in [5.74, 6) is 0.359. The molecule has 5 aromatic carbocycles. The zero-order chi connectivity index (χ0) is 28.1. The Bertz CT molecular complexity index is 1680. The van der Waals surface area contributed by atoms with E-state index in [9.17, 15) is 0 Å². The van der Waals surface area contributed by atoms with Crippen molar-refractivity contribution in [3.63, 3.8) is 0 Å². The van der Waals surface area contributed by atoms with Crippen LogP contribution in [0.15, 0.2) is 121 Å². The van der Waals surface area contributed by atoms with Gasteiger partial charge in [0, 0.05) is 17.3 Å². The first-order chi connectivity index (χ1) is 20.1. The minimum Gasteiger partial charge on any atom is -0.0639 e. The molecule has 0 radical (unpaired) electrons. The summed E-state index contributed by atoms with van der Waals surface area (Å²) in [5.41, 5.74) is 16.5. The highest BCUT2D eigenvalue weighted by molar-refractivity contribution is 5.83. The minimum absolute atomic E-state index is 0.163. The summed E-state index contributed by atoms with van der Waals surface area (Å²) in [5, 5.41) is 0. The largest absolute Gasteiger partial charge is 0.0639 e. The first-order valence-electron chi connectivity index (χ1n) is 15.2. The van der Waals surface area contributed by atoms with E-state index in [0.29, 0.717) is 0 Å². The Kier molecular flexibility index (Phi) is 6.31. The Morgan fingerprint density at radius 2 is 1.07 bits per heavy atom. The van der Waals surface area contributed by atoms with Gasteiger partial charge in [-0.2, -0.15) is 0 Å².